The average molecular weight is 415 g/mol. The summed E-state index contributed by atoms with van der Waals surface area (Å²) in [5.41, 5.74) is 1.75. The lowest BCUT2D eigenvalue weighted by Crippen LogP contribution is -2.52. The van der Waals surface area contributed by atoms with Gasteiger partial charge in [0.05, 0.1) is 30.9 Å². The number of para-hydroxylation sites is 2. The van der Waals surface area contributed by atoms with Crippen molar-refractivity contribution in [3.8, 4) is 5.75 Å². The van der Waals surface area contributed by atoms with E-state index in [1.807, 2.05) is 60.7 Å². The van der Waals surface area contributed by atoms with E-state index in [1.54, 1.807) is 7.11 Å². The minimum absolute atomic E-state index is 0.118. The summed E-state index contributed by atoms with van der Waals surface area (Å²) in [4.78, 5) is 32.1. The molecule has 3 aromatic rings. The number of methoxy groups -OCH3 is 1. The van der Waals surface area contributed by atoms with Crippen LogP contribution in [0.25, 0.3) is 10.8 Å². The summed E-state index contributed by atoms with van der Waals surface area (Å²) < 4.78 is 5.49. The van der Waals surface area contributed by atoms with Gasteiger partial charge >= 0.3 is 0 Å². The third kappa shape index (κ3) is 3.43. The topological polar surface area (TPSA) is 53.1 Å². The van der Waals surface area contributed by atoms with Crippen molar-refractivity contribution in [2.45, 2.75) is 12.5 Å². The van der Waals surface area contributed by atoms with Crippen LogP contribution in [0.2, 0.25) is 0 Å². The number of rotatable bonds is 4. The number of fused-ring (bicyclic) bond motifs is 1. The van der Waals surface area contributed by atoms with Crippen molar-refractivity contribution < 1.29 is 14.3 Å². The van der Waals surface area contributed by atoms with Crippen molar-refractivity contribution in [2.24, 2.45) is 0 Å². The molecule has 2 aliphatic rings. The molecule has 1 atom stereocenters. The second-order valence-corrected chi connectivity index (χ2v) is 7.98. The zero-order valence-corrected chi connectivity index (χ0v) is 17.5. The molecule has 0 aromatic heterocycles. The molecular weight excluding hydrogens is 390 g/mol. The van der Waals surface area contributed by atoms with Crippen molar-refractivity contribution in [1.29, 1.82) is 0 Å². The zero-order chi connectivity index (χ0) is 21.4. The third-order valence-corrected chi connectivity index (χ3v) is 6.31. The van der Waals surface area contributed by atoms with E-state index in [-0.39, 0.29) is 18.2 Å². The molecule has 158 valence electrons. The van der Waals surface area contributed by atoms with Crippen molar-refractivity contribution >= 4 is 34.0 Å². The molecular formula is C25H25N3O3. The van der Waals surface area contributed by atoms with E-state index in [0.29, 0.717) is 5.69 Å². The summed E-state index contributed by atoms with van der Waals surface area (Å²) in [7, 11) is 1.68. The largest absolute Gasteiger partial charge is 0.495 e. The van der Waals surface area contributed by atoms with Gasteiger partial charge in [0.1, 0.15) is 5.75 Å². The highest BCUT2D eigenvalue weighted by Crippen LogP contribution is 2.33. The number of anilines is 2. The van der Waals surface area contributed by atoms with Gasteiger partial charge in [-0.15, -0.1) is 0 Å². The number of benzene rings is 3. The smallest absolute Gasteiger partial charge is 0.251 e. The van der Waals surface area contributed by atoms with E-state index < -0.39 is 6.04 Å². The fourth-order valence-electron chi connectivity index (χ4n) is 4.72. The first-order valence-corrected chi connectivity index (χ1v) is 10.6. The van der Waals surface area contributed by atoms with Gasteiger partial charge in [-0.2, -0.15) is 0 Å². The van der Waals surface area contributed by atoms with E-state index in [9.17, 15) is 9.59 Å². The van der Waals surface area contributed by atoms with Crippen LogP contribution in [0, 0.1) is 0 Å². The Morgan fingerprint density at radius 3 is 2.29 bits per heavy atom. The van der Waals surface area contributed by atoms with Gasteiger partial charge in [0, 0.05) is 31.6 Å². The number of hydrogen-bond donors (Lipinski definition) is 0. The first-order valence-electron chi connectivity index (χ1n) is 10.6. The Hall–Kier alpha value is -3.38. The highest BCUT2D eigenvalue weighted by Gasteiger charge is 2.43. The maximum absolute atomic E-state index is 13.3. The summed E-state index contributed by atoms with van der Waals surface area (Å²) in [6.45, 7) is 3.02. The highest BCUT2D eigenvalue weighted by molar-refractivity contribution is 6.25. The van der Waals surface area contributed by atoms with Gasteiger partial charge in [0.2, 0.25) is 5.91 Å². The Morgan fingerprint density at radius 1 is 0.806 bits per heavy atom. The number of piperazine rings is 1. The number of nitrogens with zero attached hydrogens (tertiary/aromatic N) is 3. The van der Waals surface area contributed by atoms with Crippen molar-refractivity contribution in [3.05, 3.63) is 66.7 Å². The van der Waals surface area contributed by atoms with Crippen LogP contribution < -0.4 is 14.5 Å². The number of hydrogen-bond acceptors (Lipinski definition) is 5. The average Bonchev–Trinajstić information content (AvgIpc) is 3.12. The lowest BCUT2D eigenvalue weighted by atomic mass is 10.1. The molecule has 0 bridgehead atoms. The fourth-order valence-corrected chi connectivity index (χ4v) is 4.72. The predicted molar refractivity (Wildman–Crippen MR) is 122 cm³/mol. The van der Waals surface area contributed by atoms with Gasteiger partial charge in [-0.3, -0.25) is 14.5 Å². The van der Waals surface area contributed by atoms with Crippen LogP contribution in [0.15, 0.2) is 66.7 Å². The number of carbonyl (C=O) groups excluding carboxylic acids is 2. The Morgan fingerprint density at radius 2 is 1.48 bits per heavy atom. The molecule has 3 aromatic carbocycles. The molecule has 2 saturated heterocycles. The van der Waals surface area contributed by atoms with E-state index in [2.05, 4.69) is 15.9 Å². The standard InChI is InChI=1S/C25H25N3O3/c1-31-23-12-5-4-10-21(23)26-13-15-27(16-14-26)22-17-24(29)28(25(22)30)20-11-6-8-18-7-2-3-9-19(18)20/h2-12,22H,13-17H2,1H3. The Balaban J connectivity index is 1.34. The minimum atomic E-state index is -0.397. The quantitative estimate of drug-likeness (QED) is 0.612. The van der Waals surface area contributed by atoms with Crippen LogP contribution in [-0.2, 0) is 9.59 Å². The number of amides is 2. The monoisotopic (exact) mass is 415 g/mol. The molecule has 0 radical (unpaired) electrons. The first kappa shape index (κ1) is 19.6. The molecule has 6 heteroatoms. The first-order chi connectivity index (χ1) is 15.2. The molecule has 0 N–H and O–H groups in total. The number of ether oxygens (including phenoxy) is 1. The molecule has 0 saturated carbocycles. The summed E-state index contributed by atoms with van der Waals surface area (Å²) >= 11 is 0. The summed E-state index contributed by atoms with van der Waals surface area (Å²) in [5.74, 6) is 0.607. The van der Waals surface area contributed by atoms with Crippen LogP contribution >= 0.6 is 0 Å². The maximum Gasteiger partial charge on any atom is 0.251 e. The van der Waals surface area contributed by atoms with Crippen molar-refractivity contribution in [1.82, 2.24) is 4.90 Å². The predicted octanol–water partition coefficient (Wildman–Crippen LogP) is 3.30. The van der Waals surface area contributed by atoms with Gasteiger partial charge in [0.15, 0.2) is 0 Å². The second-order valence-electron chi connectivity index (χ2n) is 7.98. The molecule has 31 heavy (non-hydrogen) atoms. The normalized spacial score (nSPS) is 20.0. The van der Waals surface area contributed by atoms with Crippen LogP contribution in [0.3, 0.4) is 0 Å². The number of imide groups is 1. The van der Waals surface area contributed by atoms with E-state index in [4.69, 9.17) is 4.74 Å². The van der Waals surface area contributed by atoms with E-state index >= 15 is 0 Å². The van der Waals surface area contributed by atoms with Gasteiger partial charge in [-0.05, 0) is 23.6 Å². The Kier molecular flexibility index (Phi) is 5.08. The summed E-state index contributed by atoms with van der Waals surface area (Å²) in [5, 5.41) is 1.95. The molecule has 2 aliphatic heterocycles. The molecule has 0 spiro atoms. The lowest BCUT2D eigenvalue weighted by Gasteiger charge is -2.38. The van der Waals surface area contributed by atoms with Crippen LogP contribution in [0.5, 0.6) is 5.75 Å². The SMILES string of the molecule is COc1ccccc1N1CCN(C2CC(=O)N(c3cccc4ccccc34)C2=O)CC1. The number of carbonyl (C=O) groups is 2. The molecule has 2 amide bonds. The van der Waals surface area contributed by atoms with Crippen molar-refractivity contribution in [3.63, 3.8) is 0 Å². The summed E-state index contributed by atoms with van der Waals surface area (Å²) in [6, 6.07) is 21.2. The molecule has 2 fully saturated rings. The highest BCUT2D eigenvalue weighted by atomic mass is 16.5. The molecule has 1 unspecified atom stereocenters. The molecule has 6 nitrogen and oxygen atoms in total. The van der Waals surface area contributed by atoms with Gasteiger partial charge in [0.25, 0.3) is 5.91 Å². The minimum Gasteiger partial charge on any atom is -0.495 e. The lowest BCUT2D eigenvalue weighted by molar-refractivity contribution is -0.123. The maximum atomic E-state index is 13.3. The fraction of sp³-hybridized carbons (Fsp3) is 0.280. The Labute approximate surface area is 181 Å². The van der Waals surface area contributed by atoms with Gasteiger partial charge in [-0.1, -0.05) is 48.5 Å². The van der Waals surface area contributed by atoms with Crippen LogP contribution in [0.1, 0.15) is 6.42 Å². The zero-order valence-electron chi connectivity index (χ0n) is 17.5. The van der Waals surface area contributed by atoms with E-state index in [0.717, 1.165) is 48.4 Å². The van der Waals surface area contributed by atoms with Gasteiger partial charge in [-0.25, -0.2) is 4.90 Å². The third-order valence-electron chi connectivity index (χ3n) is 6.31. The summed E-state index contributed by atoms with van der Waals surface area (Å²) in [6.07, 6.45) is 0.233. The molecule has 0 aliphatic carbocycles. The molecule has 2 heterocycles. The van der Waals surface area contributed by atoms with Crippen LogP contribution in [-0.4, -0.2) is 56.0 Å². The second kappa shape index (κ2) is 8.04. The van der Waals surface area contributed by atoms with Gasteiger partial charge < -0.3 is 9.64 Å². The Bertz CT molecular complexity index is 1130. The van der Waals surface area contributed by atoms with E-state index in [1.165, 1.54) is 4.90 Å². The van der Waals surface area contributed by atoms with Crippen LogP contribution in [0.4, 0.5) is 11.4 Å². The molecule has 5 rings (SSSR count). The van der Waals surface area contributed by atoms with Crippen molar-refractivity contribution in [2.75, 3.05) is 43.1 Å².